The van der Waals surface area contributed by atoms with E-state index in [-0.39, 0.29) is 5.41 Å². The summed E-state index contributed by atoms with van der Waals surface area (Å²) in [5.74, 6) is 0. The zero-order chi connectivity index (χ0) is 38.1. The van der Waals surface area contributed by atoms with Gasteiger partial charge in [-0.25, -0.2) is 0 Å². The molecular formula is C55H39NO. The van der Waals surface area contributed by atoms with Crippen LogP contribution in [0.4, 0.5) is 17.1 Å². The number of fused-ring (bicyclic) bond motifs is 7. The molecule has 1 heterocycles. The van der Waals surface area contributed by atoms with Crippen LogP contribution in [0.1, 0.15) is 25.0 Å². The molecule has 0 N–H and O–H groups in total. The Morgan fingerprint density at radius 3 is 1.95 bits per heavy atom. The molecule has 0 aliphatic heterocycles. The van der Waals surface area contributed by atoms with Gasteiger partial charge in [-0.3, -0.25) is 0 Å². The summed E-state index contributed by atoms with van der Waals surface area (Å²) in [4.78, 5) is 2.48. The largest absolute Gasteiger partial charge is 0.456 e. The molecule has 270 valence electrons. The van der Waals surface area contributed by atoms with Crippen molar-refractivity contribution in [3.8, 4) is 44.5 Å². The fourth-order valence-electron chi connectivity index (χ4n) is 9.21. The third-order valence-electron chi connectivity index (χ3n) is 12.0. The first-order chi connectivity index (χ1) is 28.0. The zero-order valence-electron chi connectivity index (χ0n) is 31.9. The van der Waals surface area contributed by atoms with Crippen molar-refractivity contribution in [1.82, 2.24) is 0 Å². The summed E-state index contributed by atoms with van der Waals surface area (Å²) < 4.78 is 6.36. The van der Waals surface area contributed by atoms with Crippen molar-refractivity contribution in [3.63, 3.8) is 0 Å². The number of benzene rings is 9. The molecule has 1 aromatic heterocycles. The van der Waals surface area contributed by atoms with Gasteiger partial charge in [0.15, 0.2) is 0 Å². The molecule has 0 unspecified atom stereocenters. The third-order valence-corrected chi connectivity index (χ3v) is 12.0. The van der Waals surface area contributed by atoms with Crippen LogP contribution in [0.5, 0.6) is 0 Å². The molecule has 57 heavy (non-hydrogen) atoms. The molecule has 0 fully saturated rings. The molecule has 0 amide bonds. The van der Waals surface area contributed by atoms with E-state index >= 15 is 0 Å². The van der Waals surface area contributed by atoms with Crippen LogP contribution < -0.4 is 4.90 Å². The van der Waals surface area contributed by atoms with Crippen LogP contribution in [0.25, 0.3) is 77.2 Å². The van der Waals surface area contributed by atoms with Crippen LogP contribution in [0.3, 0.4) is 0 Å². The zero-order valence-corrected chi connectivity index (χ0v) is 31.9. The summed E-state index contributed by atoms with van der Waals surface area (Å²) in [5, 5.41) is 4.73. The van der Waals surface area contributed by atoms with E-state index in [0.29, 0.717) is 0 Å². The van der Waals surface area contributed by atoms with E-state index in [0.717, 1.165) is 55.7 Å². The molecular weight excluding hydrogens is 691 g/mol. The van der Waals surface area contributed by atoms with Gasteiger partial charge in [0.2, 0.25) is 0 Å². The lowest BCUT2D eigenvalue weighted by Gasteiger charge is -2.30. The Bertz CT molecular complexity index is 3170. The first-order valence-corrected chi connectivity index (χ1v) is 19.8. The number of nitrogens with zero attached hydrogens (tertiary/aromatic N) is 1. The number of furan rings is 1. The molecule has 0 radical (unpaired) electrons. The first kappa shape index (κ1) is 33.2. The van der Waals surface area contributed by atoms with Crippen LogP contribution in [-0.2, 0) is 5.41 Å². The van der Waals surface area contributed by atoms with Gasteiger partial charge in [-0.2, -0.15) is 0 Å². The average Bonchev–Trinajstić information content (AvgIpc) is 3.76. The molecule has 0 bridgehead atoms. The second kappa shape index (κ2) is 13.0. The van der Waals surface area contributed by atoms with E-state index < -0.39 is 0 Å². The smallest absolute Gasteiger partial charge is 0.136 e. The van der Waals surface area contributed by atoms with Gasteiger partial charge in [0.1, 0.15) is 11.2 Å². The number of anilines is 3. The molecule has 2 nitrogen and oxygen atoms in total. The van der Waals surface area contributed by atoms with Crippen molar-refractivity contribution in [2.75, 3.05) is 4.90 Å². The van der Waals surface area contributed by atoms with E-state index in [9.17, 15) is 0 Å². The molecule has 2 heteroatoms. The predicted octanol–water partition coefficient (Wildman–Crippen LogP) is 15.5. The third kappa shape index (κ3) is 5.40. The Morgan fingerprint density at radius 1 is 0.386 bits per heavy atom. The minimum atomic E-state index is -0.150. The average molecular weight is 730 g/mol. The van der Waals surface area contributed by atoms with Crippen LogP contribution >= 0.6 is 0 Å². The highest BCUT2D eigenvalue weighted by Gasteiger charge is 2.36. The predicted molar refractivity (Wildman–Crippen MR) is 240 cm³/mol. The van der Waals surface area contributed by atoms with Crippen LogP contribution in [0, 0.1) is 0 Å². The van der Waals surface area contributed by atoms with E-state index in [4.69, 9.17) is 4.42 Å². The maximum atomic E-state index is 6.36. The normalized spacial score (nSPS) is 12.9. The number of para-hydroxylation sites is 1. The summed E-state index contributed by atoms with van der Waals surface area (Å²) in [6.07, 6.45) is 0. The molecule has 11 rings (SSSR count). The fraction of sp³-hybridized carbons (Fsp3) is 0.0545. The minimum Gasteiger partial charge on any atom is -0.456 e. The molecule has 0 saturated heterocycles. The quantitative estimate of drug-likeness (QED) is 0.169. The van der Waals surface area contributed by atoms with Gasteiger partial charge < -0.3 is 9.32 Å². The topological polar surface area (TPSA) is 16.4 Å². The van der Waals surface area contributed by atoms with Gasteiger partial charge in [0, 0.05) is 33.1 Å². The first-order valence-electron chi connectivity index (χ1n) is 19.8. The van der Waals surface area contributed by atoms with Crippen molar-refractivity contribution in [1.29, 1.82) is 0 Å². The van der Waals surface area contributed by atoms with Crippen LogP contribution in [0.15, 0.2) is 205 Å². The van der Waals surface area contributed by atoms with Gasteiger partial charge in [-0.1, -0.05) is 166 Å². The minimum absolute atomic E-state index is 0.150. The summed E-state index contributed by atoms with van der Waals surface area (Å²) in [5.41, 5.74) is 17.3. The van der Waals surface area contributed by atoms with Crippen LogP contribution in [-0.4, -0.2) is 0 Å². The lowest BCUT2D eigenvalue weighted by molar-refractivity contribution is 0.660. The second-order valence-corrected chi connectivity index (χ2v) is 15.7. The maximum absolute atomic E-state index is 6.36. The van der Waals surface area contributed by atoms with Crippen molar-refractivity contribution in [3.05, 3.63) is 211 Å². The summed E-state index contributed by atoms with van der Waals surface area (Å²) >= 11 is 0. The molecule has 0 saturated carbocycles. The van der Waals surface area contributed by atoms with Crippen molar-refractivity contribution in [2.45, 2.75) is 19.3 Å². The Labute approximate surface area is 332 Å². The lowest BCUT2D eigenvalue weighted by Crippen LogP contribution is -2.17. The summed E-state index contributed by atoms with van der Waals surface area (Å²) in [6, 6.07) is 72.9. The van der Waals surface area contributed by atoms with Gasteiger partial charge in [-0.15, -0.1) is 0 Å². The molecule has 0 spiro atoms. The summed E-state index contributed by atoms with van der Waals surface area (Å²) in [6.45, 7) is 4.72. The molecule has 1 aliphatic rings. The standard InChI is InChI=1S/C55H39NO/c1-55(2)49-23-10-8-20-46(49)47-31-29-43(35-50(47)55)56(42-19-12-18-41(33-42)45-22-13-25-53-54(45)48-21-9-11-24-52(48)57-53)51-34-40(28-30-44(51)37-15-4-3-5-16-37)39-27-26-36-14-6-7-17-38(36)32-39/h3-35H,1-2H3. The van der Waals surface area contributed by atoms with Crippen molar-refractivity contribution >= 4 is 49.8 Å². The lowest BCUT2D eigenvalue weighted by atomic mass is 9.82. The Hall–Kier alpha value is -7.16. The van der Waals surface area contributed by atoms with Gasteiger partial charge in [0.05, 0.1) is 5.69 Å². The van der Waals surface area contributed by atoms with E-state index in [1.807, 2.05) is 6.07 Å². The van der Waals surface area contributed by atoms with Crippen molar-refractivity contribution < 1.29 is 4.42 Å². The Balaban J connectivity index is 1.17. The summed E-state index contributed by atoms with van der Waals surface area (Å²) in [7, 11) is 0. The molecule has 9 aromatic carbocycles. The number of hydrogen-bond donors (Lipinski definition) is 0. The highest BCUT2D eigenvalue weighted by Crippen LogP contribution is 2.52. The van der Waals surface area contributed by atoms with Gasteiger partial charge in [-0.05, 0) is 109 Å². The van der Waals surface area contributed by atoms with Crippen molar-refractivity contribution in [2.24, 2.45) is 0 Å². The maximum Gasteiger partial charge on any atom is 0.136 e. The Kier molecular flexibility index (Phi) is 7.55. The molecule has 10 aromatic rings. The monoisotopic (exact) mass is 729 g/mol. The highest BCUT2D eigenvalue weighted by molar-refractivity contribution is 6.12. The van der Waals surface area contributed by atoms with Gasteiger partial charge >= 0.3 is 0 Å². The molecule has 1 aliphatic carbocycles. The van der Waals surface area contributed by atoms with E-state index in [1.165, 1.54) is 49.7 Å². The molecule has 0 atom stereocenters. The highest BCUT2D eigenvalue weighted by atomic mass is 16.3. The SMILES string of the molecule is CC1(C)c2ccccc2-c2ccc(N(c3cccc(-c4cccc5oc6ccccc6c45)c3)c3cc(-c4ccc5ccccc5c4)ccc3-c3ccccc3)cc21. The Morgan fingerprint density at radius 2 is 1.04 bits per heavy atom. The fourth-order valence-corrected chi connectivity index (χ4v) is 9.21. The van der Waals surface area contributed by atoms with E-state index in [2.05, 4.69) is 213 Å². The second-order valence-electron chi connectivity index (χ2n) is 15.7. The number of hydrogen-bond acceptors (Lipinski definition) is 2. The van der Waals surface area contributed by atoms with Crippen LogP contribution in [0.2, 0.25) is 0 Å². The number of rotatable bonds is 6. The van der Waals surface area contributed by atoms with E-state index in [1.54, 1.807) is 0 Å². The van der Waals surface area contributed by atoms with Gasteiger partial charge in [0.25, 0.3) is 0 Å².